The van der Waals surface area contributed by atoms with Gasteiger partial charge in [-0.25, -0.2) is 0 Å². The molecule has 10 atom stereocenters. The zero-order valence-corrected chi connectivity index (χ0v) is 36.7. The van der Waals surface area contributed by atoms with E-state index in [2.05, 4.69) is 89.7 Å². The van der Waals surface area contributed by atoms with Crippen LogP contribution < -0.4 is 0 Å². The molecule has 49 heavy (non-hydrogen) atoms. The lowest BCUT2D eigenvalue weighted by molar-refractivity contribution is -0.211. The van der Waals surface area contributed by atoms with Crippen molar-refractivity contribution in [3.8, 4) is 0 Å². The molecule has 4 aliphatic heterocycles. The maximum Gasteiger partial charge on any atom is 0.349 e. The van der Waals surface area contributed by atoms with Crippen LogP contribution in [-0.2, 0) is 54.2 Å². The topological polar surface area (TPSA) is 116 Å². The van der Waals surface area contributed by atoms with Crippen molar-refractivity contribution in [2.45, 2.75) is 185 Å². The van der Waals surface area contributed by atoms with Crippen LogP contribution in [0.2, 0.25) is 20.2 Å². The minimum absolute atomic E-state index is 0. The first kappa shape index (κ1) is 47.5. The SMILES string of the molecule is C=C[C@H](C)[C@@H]1O[C@@H]2CO[Si](C(C)(C)C)(C(C)(C)C)O[C@@H]2C[C@@H]1O.C[C@@H](CCO)[C@@H]1O[C@@H]2CO[Si](C(C)(C)C)(C(C)(C)C)O[C@@H]2C[C@@H]1O.[S-2].[SH-]. The van der Waals surface area contributed by atoms with Gasteiger partial charge >= 0.3 is 17.1 Å². The van der Waals surface area contributed by atoms with Crippen LogP contribution in [0.4, 0.5) is 0 Å². The lowest BCUT2D eigenvalue weighted by atomic mass is 9.89. The minimum Gasteiger partial charge on any atom is -2.00 e. The molecule has 292 valence electrons. The molecule has 0 spiro atoms. The first-order valence-corrected chi connectivity index (χ1v) is 21.5. The summed E-state index contributed by atoms with van der Waals surface area (Å²) in [5.74, 6) is 0.222. The Bertz CT molecular complexity index is 1010. The lowest BCUT2D eigenvalue weighted by Crippen LogP contribution is -2.67. The van der Waals surface area contributed by atoms with E-state index in [-0.39, 0.29) is 102 Å². The number of aliphatic hydroxyl groups is 3. The van der Waals surface area contributed by atoms with Gasteiger partial charge in [0.2, 0.25) is 0 Å². The second-order valence-corrected chi connectivity index (χ2v) is 28.2. The van der Waals surface area contributed by atoms with E-state index in [1.165, 1.54) is 0 Å². The minimum atomic E-state index is -2.52. The molecular weight excluding hydrogens is 697 g/mol. The van der Waals surface area contributed by atoms with E-state index in [1.54, 1.807) is 0 Å². The van der Waals surface area contributed by atoms with Crippen molar-refractivity contribution in [3.05, 3.63) is 12.7 Å². The van der Waals surface area contributed by atoms with Crippen LogP contribution in [0.3, 0.4) is 0 Å². The molecule has 0 aromatic heterocycles. The van der Waals surface area contributed by atoms with Gasteiger partial charge in [-0.3, -0.25) is 0 Å². The van der Waals surface area contributed by atoms with Gasteiger partial charge in [-0.1, -0.05) is 103 Å². The van der Waals surface area contributed by atoms with Crippen LogP contribution >= 0.6 is 0 Å². The van der Waals surface area contributed by atoms with Crippen molar-refractivity contribution in [2.24, 2.45) is 11.8 Å². The second-order valence-electron chi connectivity index (χ2n) is 18.6. The van der Waals surface area contributed by atoms with Gasteiger partial charge in [0.15, 0.2) is 0 Å². The smallest absolute Gasteiger partial charge is 0.349 e. The number of hydrogen-bond donors (Lipinski definition) is 3. The van der Waals surface area contributed by atoms with Crippen LogP contribution in [0.25, 0.3) is 0 Å². The Kier molecular flexibility index (Phi) is 16.8. The van der Waals surface area contributed by atoms with Crippen LogP contribution in [0.15, 0.2) is 12.7 Å². The average Bonchev–Trinajstić information content (AvgIpc) is 2.93. The van der Waals surface area contributed by atoms with Gasteiger partial charge in [0.1, 0.15) is 12.2 Å². The Morgan fingerprint density at radius 3 is 1.35 bits per heavy atom. The molecule has 4 rings (SSSR count). The van der Waals surface area contributed by atoms with E-state index < -0.39 is 29.3 Å². The summed E-state index contributed by atoms with van der Waals surface area (Å²) in [6.07, 6.45) is 1.66. The van der Waals surface area contributed by atoms with E-state index in [1.807, 2.05) is 19.9 Å². The van der Waals surface area contributed by atoms with E-state index in [4.69, 9.17) is 32.3 Å². The molecule has 3 N–H and O–H groups in total. The van der Waals surface area contributed by atoms with E-state index in [0.29, 0.717) is 32.5 Å². The second kappa shape index (κ2) is 17.3. The largest absolute Gasteiger partial charge is 2.00 e. The van der Waals surface area contributed by atoms with Crippen LogP contribution in [0.5, 0.6) is 0 Å². The molecular formula is C36H71O9S2Si2-3. The summed E-state index contributed by atoms with van der Waals surface area (Å²) in [6, 6.07) is 0. The van der Waals surface area contributed by atoms with Gasteiger partial charge < -0.3 is 69.5 Å². The zero-order chi connectivity index (χ0) is 36.0. The van der Waals surface area contributed by atoms with Crippen molar-refractivity contribution in [2.75, 3.05) is 19.8 Å². The molecule has 0 radical (unpaired) electrons. The highest BCUT2D eigenvalue weighted by Gasteiger charge is 2.64. The highest BCUT2D eigenvalue weighted by atomic mass is 32.1. The van der Waals surface area contributed by atoms with Gasteiger partial charge in [0.05, 0.1) is 49.8 Å². The molecule has 0 saturated carbocycles. The fraction of sp³-hybridized carbons (Fsp3) is 0.944. The van der Waals surface area contributed by atoms with Gasteiger partial charge in [-0.2, -0.15) is 0 Å². The summed E-state index contributed by atoms with van der Waals surface area (Å²) >= 11 is 0. The Labute approximate surface area is 315 Å². The third-order valence-electron chi connectivity index (χ3n) is 10.7. The van der Waals surface area contributed by atoms with E-state index in [0.717, 1.165) is 0 Å². The first-order chi connectivity index (χ1) is 21.4. The van der Waals surface area contributed by atoms with Crippen molar-refractivity contribution in [3.63, 3.8) is 0 Å². The quantitative estimate of drug-likeness (QED) is 0.124. The highest BCUT2D eigenvalue weighted by molar-refractivity contribution is 7.37. The molecule has 0 unspecified atom stereocenters. The standard InChI is InChI=1S/C18H36O5Si.C18H34O4Si.H2S.S/c1-12(8-9-19)16-13(20)10-14-15(22-16)11-21-24(23-14,17(2,3)4)18(5,6)7;1-9-12(2)16-13(19)10-14-15(21-16)11-20-23(22-14,17(3,4)5)18(6,7)8;;/h12-16,19-20H,8-11H2,1-7H3;9,12-16,19H,1,10-11H2,2-8H3;1H2;/q;;;-2/p-1/t2*12-,13-,14+,15+,16-;;/m00../s1. The zero-order valence-electron chi connectivity index (χ0n) is 32.9. The predicted octanol–water partition coefficient (Wildman–Crippen LogP) is 6.49. The van der Waals surface area contributed by atoms with Crippen LogP contribution in [0.1, 0.15) is 116 Å². The van der Waals surface area contributed by atoms with Crippen molar-refractivity contribution < 1.29 is 42.5 Å². The first-order valence-electron chi connectivity index (χ1n) is 17.9. The molecule has 0 amide bonds. The van der Waals surface area contributed by atoms with Gasteiger partial charge in [-0.15, -0.1) is 6.58 Å². The maximum absolute atomic E-state index is 10.6. The van der Waals surface area contributed by atoms with Crippen LogP contribution in [0, 0.1) is 11.8 Å². The lowest BCUT2D eigenvalue weighted by Gasteiger charge is -2.56. The molecule has 4 saturated heterocycles. The Morgan fingerprint density at radius 2 is 1.02 bits per heavy atom. The predicted molar refractivity (Wildman–Crippen MR) is 207 cm³/mol. The number of ether oxygens (including phenoxy) is 2. The third-order valence-corrected chi connectivity index (χ3v) is 21.0. The summed E-state index contributed by atoms with van der Waals surface area (Å²) < 4.78 is 38.5. The number of hydrogen-bond acceptors (Lipinski definition) is 10. The van der Waals surface area contributed by atoms with Crippen LogP contribution in [-0.4, -0.2) is 101 Å². The number of fused-ring (bicyclic) bond motifs is 2. The Balaban J connectivity index is 0.000000471. The Morgan fingerprint density at radius 1 is 0.673 bits per heavy atom. The molecule has 0 aliphatic carbocycles. The highest BCUT2D eigenvalue weighted by Crippen LogP contribution is 2.56. The summed E-state index contributed by atoms with van der Waals surface area (Å²) in [4.78, 5) is 0. The van der Waals surface area contributed by atoms with Gasteiger partial charge in [0, 0.05) is 45.5 Å². The normalized spacial score (nSPS) is 34.3. The van der Waals surface area contributed by atoms with E-state index in [9.17, 15) is 10.2 Å². The maximum atomic E-state index is 10.6. The molecule has 9 nitrogen and oxygen atoms in total. The van der Waals surface area contributed by atoms with Crippen molar-refractivity contribution >= 4 is 44.1 Å². The Hall–Kier alpha value is 0.514. The average molecular weight is 768 g/mol. The number of thiol groups is 1. The molecule has 4 heterocycles. The fourth-order valence-corrected chi connectivity index (χ4v) is 18.5. The molecule has 0 aromatic carbocycles. The van der Waals surface area contributed by atoms with Crippen molar-refractivity contribution in [1.82, 2.24) is 0 Å². The summed E-state index contributed by atoms with van der Waals surface area (Å²) in [7, 11) is -5.01. The molecule has 13 heteroatoms. The number of aliphatic hydroxyl groups excluding tert-OH is 3. The van der Waals surface area contributed by atoms with Crippen molar-refractivity contribution in [1.29, 1.82) is 0 Å². The van der Waals surface area contributed by atoms with Gasteiger partial charge in [-0.05, 0) is 12.3 Å². The molecule has 0 aromatic rings. The van der Waals surface area contributed by atoms with E-state index >= 15 is 0 Å². The monoisotopic (exact) mass is 767 g/mol. The third kappa shape index (κ3) is 9.80. The summed E-state index contributed by atoms with van der Waals surface area (Å²) in [5, 5.41) is 30.0. The molecule has 4 fully saturated rings. The summed E-state index contributed by atoms with van der Waals surface area (Å²) in [6.45, 7) is 35.4. The number of rotatable bonds is 5. The van der Waals surface area contributed by atoms with Gasteiger partial charge in [0.25, 0.3) is 0 Å². The molecule has 0 bridgehead atoms. The summed E-state index contributed by atoms with van der Waals surface area (Å²) in [5.41, 5.74) is 0. The molecule has 4 aliphatic rings. The fourth-order valence-electron chi connectivity index (χ4n) is 8.56.